The molecule has 1 aliphatic heterocycles. The number of ether oxygens (including phenoxy) is 2. The Morgan fingerprint density at radius 2 is 2.09 bits per heavy atom. The van der Waals surface area contributed by atoms with Gasteiger partial charge in [0.2, 0.25) is 5.91 Å². The third-order valence-corrected chi connectivity index (χ3v) is 3.90. The first-order chi connectivity index (χ1) is 10.4. The Labute approximate surface area is 131 Å². The average Bonchev–Trinajstić information content (AvgIpc) is 2.52. The summed E-state index contributed by atoms with van der Waals surface area (Å²) in [5.41, 5.74) is -0.430. The second-order valence-electron chi connectivity index (χ2n) is 6.13. The number of aliphatic hydroxyl groups is 1. The first-order valence-corrected chi connectivity index (χ1v) is 7.39. The van der Waals surface area contributed by atoms with Crippen LogP contribution in [-0.4, -0.2) is 60.9 Å². The van der Waals surface area contributed by atoms with Gasteiger partial charge in [0.05, 0.1) is 19.7 Å². The summed E-state index contributed by atoms with van der Waals surface area (Å²) in [4.78, 5) is 13.8. The maximum absolute atomic E-state index is 12.0. The lowest BCUT2D eigenvalue weighted by Crippen LogP contribution is -2.50. The summed E-state index contributed by atoms with van der Waals surface area (Å²) >= 11 is 0. The van der Waals surface area contributed by atoms with E-state index >= 15 is 0 Å². The Hall–Kier alpha value is -1.79. The molecule has 0 aliphatic carbocycles. The minimum absolute atomic E-state index is 0.00681. The monoisotopic (exact) mass is 308 g/mol. The Balaban J connectivity index is 1.78. The molecule has 0 unspecified atom stereocenters. The van der Waals surface area contributed by atoms with Gasteiger partial charge in [-0.2, -0.15) is 0 Å². The van der Waals surface area contributed by atoms with Gasteiger partial charge in [-0.3, -0.25) is 9.69 Å². The predicted octanol–water partition coefficient (Wildman–Crippen LogP) is 0.645. The second kappa shape index (κ2) is 6.98. The molecule has 0 fully saturated rings. The molecule has 1 atom stereocenters. The van der Waals surface area contributed by atoms with Crippen LogP contribution in [0, 0.1) is 0 Å². The molecular formula is C16H24N2O4. The van der Waals surface area contributed by atoms with E-state index in [1.54, 1.807) is 0 Å². The van der Waals surface area contributed by atoms with Crippen molar-refractivity contribution in [3.05, 3.63) is 24.3 Å². The van der Waals surface area contributed by atoms with E-state index in [4.69, 9.17) is 9.47 Å². The highest BCUT2D eigenvalue weighted by atomic mass is 16.6. The second-order valence-corrected chi connectivity index (χ2v) is 6.13. The van der Waals surface area contributed by atoms with Gasteiger partial charge in [0.1, 0.15) is 12.7 Å². The lowest BCUT2D eigenvalue weighted by atomic mass is 10.1. The van der Waals surface area contributed by atoms with Crippen LogP contribution in [0.15, 0.2) is 24.3 Å². The molecule has 1 amide bonds. The van der Waals surface area contributed by atoms with Crippen LogP contribution >= 0.6 is 0 Å². The minimum Gasteiger partial charge on any atom is -0.486 e. The molecule has 6 nitrogen and oxygen atoms in total. The van der Waals surface area contributed by atoms with E-state index in [0.717, 1.165) is 5.75 Å². The highest BCUT2D eigenvalue weighted by Gasteiger charge is 2.25. The predicted molar refractivity (Wildman–Crippen MR) is 83.2 cm³/mol. The molecule has 2 rings (SSSR count). The number of rotatable bonds is 6. The first-order valence-electron chi connectivity index (χ1n) is 7.39. The van der Waals surface area contributed by atoms with Crippen molar-refractivity contribution in [2.45, 2.75) is 25.5 Å². The van der Waals surface area contributed by atoms with Crippen LogP contribution < -0.4 is 14.8 Å². The number of likely N-dealkylation sites (N-methyl/N-ethyl adjacent to an activating group) is 1. The molecule has 0 saturated carbocycles. The number of para-hydroxylation sites is 2. The number of fused-ring (bicyclic) bond motifs is 1. The SMILES string of the molecule is CN(CC(=O)NC[C@@H]1COc2ccccc2O1)C(C)(C)CO. The van der Waals surface area contributed by atoms with Crippen molar-refractivity contribution in [1.82, 2.24) is 10.2 Å². The largest absolute Gasteiger partial charge is 0.486 e. The van der Waals surface area contributed by atoms with Crippen molar-refractivity contribution in [3.8, 4) is 11.5 Å². The van der Waals surface area contributed by atoms with Crippen molar-refractivity contribution in [2.24, 2.45) is 0 Å². The Kier molecular flexibility index (Phi) is 5.26. The van der Waals surface area contributed by atoms with Crippen molar-refractivity contribution in [1.29, 1.82) is 0 Å². The van der Waals surface area contributed by atoms with Crippen LogP contribution in [0.5, 0.6) is 11.5 Å². The average molecular weight is 308 g/mol. The highest BCUT2D eigenvalue weighted by molar-refractivity contribution is 5.78. The summed E-state index contributed by atoms with van der Waals surface area (Å²) in [6.07, 6.45) is -0.199. The van der Waals surface area contributed by atoms with Gasteiger partial charge in [-0.25, -0.2) is 0 Å². The molecule has 1 aromatic rings. The third kappa shape index (κ3) is 4.11. The lowest BCUT2D eigenvalue weighted by molar-refractivity contribution is -0.124. The van der Waals surface area contributed by atoms with Crippen molar-refractivity contribution >= 4 is 5.91 Å². The molecule has 1 heterocycles. The third-order valence-electron chi connectivity index (χ3n) is 3.90. The fraction of sp³-hybridized carbons (Fsp3) is 0.562. The maximum atomic E-state index is 12.0. The summed E-state index contributed by atoms with van der Waals surface area (Å²) < 4.78 is 11.4. The summed E-state index contributed by atoms with van der Waals surface area (Å²) in [6.45, 7) is 4.78. The van der Waals surface area contributed by atoms with E-state index in [-0.39, 0.29) is 25.2 Å². The molecule has 1 aromatic carbocycles. The minimum atomic E-state index is -0.430. The smallest absolute Gasteiger partial charge is 0.234 e. The van der Waals surface area contributed by atoms with Gasteiger partial charge in [0, 0.05) is 5.54 Å². The van der Waals surface area contributed by atoms with Gasteiger partial charge in [-0.15, -0.1) is 0 Å². The van der Waals surface area contributed by atoms with Crippen LogP contribution in [0.2, 0.25) is 0 Å². The van der Waals surface area contributed by atoms with Crippen molar-refractivity contribution < 1.29 is 19.4 Å². The molecule has 0 radical (unpaired) electrons. The number of hydrogen-bond acceptors (Lipinski definition) is 5. The van der Waals surface area contributed by atoms with Gasteiger partial charge in [-0.1, -0.05) is 12.1 Å². The summed E-state index contributed by atoms with van der Waals surface area (Å²) in [5, 5.41) is 12.1. The lowest BCUT2D eigenvalue weighted by Gasteiger charge is -2.33. The van der Waals surface area contributed by atoms with E-state index in [9.17, 15) is 9.90 Å². The zero-order valence-electron chi connectivity index (χ0n) is 13.3. The van der Waals surface area contributed by atoms with E-state index < -0.39 is 5.54 Å². The highest BCUT2D eigenvalue weighted by Crippen LogP contribution is 2.30. The number of carbonyl (C=O) groups excluding carboxylic acids is 1. The van der Waals surface area contributed by atoms with Crippen LogP contribution in [0.3, 0.4) is 0 Å². The molecule has 0 spiro atoms. The van der Waals surface area contributed by atoms with Crippen LogP contribution in [0.25, 0.3) is 0 Å². The quantitative estimate of drug-likeness (QED) is 0.807. The number of benzene rings is 1. The number of nitrogens with zero attached hydrogens (tertiary/aromatic N) is 1. The normalized spacial score (nSPS) is 17.4. The van der Waals surface area contributed by atoms with E-state index in [2.05, 4.69) is 5.32 Å². The van der Waals surface area contributed by atoms with E-state index in [1.165, 1.54) is 0 Å². The molecule has 0 saturated heterocycles. The number of aliphatic hydroxyl groups excluding tert-OH is 1. The summed E-state index contributed by atoms with van der Waals surface area (Å²) in [5.74, 6) is 1.33. The zero-order chi connectivity index (χ0) is 16.2. The molecule has 22 heavy (non-hydrogen) atoms. The van der Waals surface area contributed by atoms with E-state index in [0.29, 0.717) is 18.9 Å². The van der Waals surface area contributed by atoms with Crippen molar-refractivity contribution in [3.63, 3.8) is 0 Å². The first kappa shape index (κ1) is 16.6. The number of nitrogens with one attached hydrogen (secondary N) is 1. The van der Waals surface area contributed by atoms with Gasteiger partial charge >= 0.3 is 0 Å². The standard InChI is InChI=1S/C16H24N2O4/c1-16(2,11-19)18(3)9-15(20)17-8-12-10-21-13-6-4-5-7-14(13)22-12/h4-7,12,19H,8-11H2,1-3H3,(H,17,20)/t12-/m1/s1. The van der Waals surface area contributed by atoms with Gasteiger partial charge in [0.15, 0.2) is 11.5 Å². The molecule has 2 N–H and O–H groups in total. The fourth-order valence-electron chi connectivity index (χ4n) is 2.00. The number of carbonyl (C=O) groups is 1. The van der Waals surface area contributed by atoms with Crippen LogP contribution in [0.4, 0.5) is 0 Å². The van der Waals surface area contributed by atoms with Crippen molar-refractivity contribution in [2.75, 3.05) is 33.4 Å². The van der Waals surface area contributed by atoms with Gasteiger partial charge in [-0.05, 0) is 33.0 Å². The molecule has 0 bridgehead atoms. The number of amides is 1. The topological polar surface area (TPSA) is 71.0 Å². The summed E-state index contributed by atoms with van der Waals surface area (Å²) in [6, 6.07) is 7.48. The molecule has 122 valence electrons. The van der Waals surface area contributed by atoms with Crippen LogP contribution in [0.1, 0.15) is 13.8 Å². The molecule has 1 aliphatic rings. The Morgan fingerprint density at radius 3 is 2.77 bits per heavy atom. The van der Waals surface area contributed by atoms with Gasteiger partial charge in [0.25, 0.3) is 0 Å². The maximum Gasteiger partial charge on any atom is 0.234 e. The Morgan fingerprint density at radius 1 is 1.41 bits per heavy atom. The molecule has 6 heteroatoms. The van der Waals surface area contributed by atoms with Crippen LogP contribution in [-0.2, 0) is 4.79 Å². The summed E-state index contributed by atoms with van der Waals surface area (Å²) in [7, 11) is 1.81. The van der Waals surface area contributed by atoms with E-state index in [1.807, 2.05) is 50.1 Å². The number of hydrogen-bond donors (Lipinski definition) is 2. The Bertz CT molecular complexity index is 519. The fourth-order valence-corrected chi connectivity index (χ4v) is 2.00. The van der Waals surface area contributed by atoms with Gasteiger partial charge < -0.3 is 19.9 Å². The zero-order valence-corrected chi connectivity index (χ0v) is 13.3. The molecular weight excluding hydrogens is 284 g/mol. The molecule has 0 aromatic heterocycles.